The highest BCUT2D eigenvalue weighted by Crippen LogP contribution is 2.32. The second-order valence-corrected chi connectivity index (χ2v) is 4.43. The van der Waals surface area contributed by atoms with Crippen molar-refractivity contribution in [3.05, 3.63) is 29.3 Å². The molecule has 0 saturated heterocycles. The van der Waals surface area contributed by atoms with Gasteiger partial charge in [-0.3, -0.25) is 4.79 Å². The van der Waals surface area contributed by atoms with Crippen LogP contribution in [0.15, 0.2) is 18.2 Å². The summed E-state index contributed by atoms with van der Waals surface area (Å²) in [6.07, 6.45) is 0.866. The first-order chi connectivity index (χ1) is 8.61. The van der Waals surface area contributed by atoms with Crippen molar-refractivity contribution in [2.45, 2.75) is 25.0 Å². The number of rotatable bonds is 4. The van der Waals surface area contributed by atoms with Gasteiger partial charge in [0.25, 0.3) is 0 Å². The number of hydrogen-bond donors (Lipinski definition) is 3. The average molecular weight is 251 g/mol. The van der Waals surface area contributed by atoms with Gasteiger partial charge in [0.15, 0.2) is 0 Å². The van der Waals surface area contributed by atoms with E-state index in [0.717, 1.165) is 24.0 Å². The molecular formula is C13H17NO4. The van der Waals surface area contributed by atoms with E-state index in [2.05, 4.69) is 5.32 Å². The zero-order valence-corrected chi connectivity index (χ0v) is 10.2. The number of aliphatic hydroxyl groups excluding tert-OH is 1. The third-order valence-electron chi connectivity index (χ3n) is 3.29. The fourth-order valence-electron chi connectivity index (χ4n) is 2.32. The lowest BCUT2D eigenvalue weighted by Crippen LogP contribution is -2.40. The SMILES string of the molecule is COc1ccc2c(c1)[C@@H](O)[C@H](NCC(=O)O)CC2. The Morgan fingerprint density at radius 2 is 2.33 bits per heavy atom. The molecule has 3 N–H and O–H groups in total. The van der Waals surface area contributed by atoms with Crippen LogP contribution < -0.4 is 10.1 Å². The molecule has 18 heavy (non-hydrogen) atoms. The monoisotopic (exact) mass is 251 g/mol. The summed E-state index contributed by atoms with van der Waals surface area (Å²) in [4.78, 5) is 10.5. The van der Waals surface area contributed by atoms with E-state index in [9.17, 15) is 9.90 Å². The van der Waals surface area contributed by atoms with Crippen LogP contribution in [0.3, 0.4) is 0 Å². The zero-order valence-electron chi connectivity index (χ0n) is 10.2. The van der Waals surface area contributed by atoms with E-state index in [1.807, 2.05) is 18.2 Å². The number of aliphatic hydroxyl groups is 1. The van der Waals surface area contributed by atoms with Crippen LogP contribution >= 0.6 is 0 Å². The summed E-state index contributed by atoms with van der Waals surface area (Å²) in [5.41, 5.74) is 1.92. The number of hydrogen-bond acceptors (Lipinski definition) is 4. The molecule has 0 bridgehead atoms. The maximum atomic E-state index is 10.5. The lowest BCUT2D eigenvalue weighted by Gasteiger charge is -2.30. The summed E-state index contributed by atoms with van der Waals surface area (Å²) in [6, 6.07) is 5.41. The largest absolute Gasteiger partial charge is 0.497 e. The van der Waals surface area contributed by atoms with Crippen molar-refractivity contribution in [2.24, 2.45) is 0 Å². The highest BCUT2D eigenvalue weighted by atomic mass is 16.5. The average Bonchev–Trinajstić information content (AvgIpc) is 2.37. The molecule has 1 aromatic carbocycles. The maximum Gasteiger partial charge on any atom is 0.317 e. The van der Waals surface area contributed by atoms with Gasteiger partial charge in [-0.25, -0.2) is 0 Å². The molecule has 98 valence electrons. The van der Waals surface area contributed by atoms with Crippen molar-refractivity contribution >= 4 is 5.97 Å². The van der Waals surface area contributed by atoms with E-state index >= 15 is 0 Å². The number of methoxy groups -OCH3 is 1. The Morgan fingerprint density at radius 3 is 3.00 bits per heavy atom. The first-order valence-electron chi connectivity index (χ1n) is 5.92. The molecule has 0 fully saturated rings. The highest BCUT2D eigenvalue weighted by Gasteiger charge is 2.28. The summed E-state index contributed by atoms with van der Waals surface area (Å²) in [7, 11) is 1.58. The number of aliphatic carboxylic acids is 1. The summed E-state index contributed by atoms with van der Waals surface area (Å²) in [6.45, 7) is -0.138. The summed E-state index contributed by atoms with van der Waals surface area (Å²) in [5, 5.41) is 21.7. The molecule has 0 saturated carbocycles. The minimum atomic E-state index is -0.918. The Labute approximate surface area is 105 Å². The van der Waals surface area contributed by atoms with Gasteiger partial charge in [-0.1, -0.05) is 6.07 Å². The molecule has 0 radical (unpaired) electrons. The molecule has 0 unspecified atom stereocenters. The molecule has 1 aliphatic rings. The Morgan fingerprint density at radius 1 is 1.56 bits per heavy atom. The molecule has 0 heterocycles. The Kier molecular flexibility index (Phi) is 3.84. The predicted molar refractivity (Wildman–Crippen MR) is 65.7 cm³/mol. The number of fused-ring (bicyclic) bond motifs is 1. The quantitative estimate of drug-likeness (QED) is 0.734. The zero-order chi connectivity index (χ0) is 13.1. The Bertz CT molecular complexity index is 447. The van der Waals surface area contributed by atoms with E-state index < -0.39 is 12.1 Å². The Balaban J connectivity index is 2.15. The summed E-state index contributed by atoms with van der Waals surface area (Å²) < 4.78 is 5.14. The third-order valence-corrected chi connectivity index (χ3v) is 3.29. The summed E-state index contributed by atoms with van der Waals surface area (Å²) in [5.74, 6) is -0.217. The van der Waals surface area contributed by atoms with Crippen LogP contribution in [-0.2, 0) is 11.2 Å². The van der Waals surface area contributed by atoms with Crippen molar-refractivity contribution < 1.29 is 19.7 Å². The van der Waals surface area contributed by atoms with E-state index in [4.69, 9.17) is 9.84 Å². The molecular weight excluding hydrogens is 234 g/mol. The highest BCUT2D eigenvalue weighted by molar-refractivity contribution is 5.69. The van der Waals surface area contributed by atoms with Crippen molar-refractivity contribution in [1.82, 2.24) is 5.32 Å². The smallest absolute Gasteiger partial charge is 0.317 e. The van der Waals surface area contributed by atoms with Gasteiger partial charge >= 0.3 is 5.97 Å². The van der Waals surface area contributed by atoms with Gasteiger partial charge in [0.2, 0.25) is 0 Å². The molecule has 0 aromatic heterocycles. The van der Waals surface area contributed by atoms with E-state index in [0.29, 0.717) is 5.75 Å². The molecule has 2 atom stereocenters. The third kappa shape index (κ3) is 2.63. The number of carboxylic acids is 1. The van der Waals surface area contributed by atoms with Crippen LogP contribution in [0.1, 0.15) is 23.7 Å². The number of carbonyl (C=O) groups is 1. The van der Waals surface area contributed by atoms with Crippen molar-refractivity contribution in [1.29, 1.82) is 0 Å². The number of nitrogens with one attached hydrogen (secondary N) is 1. The molecule has 0 spiro atoms. The van der Waals surface area contributed by atoms with Crippen molar-refractivity contribution in [2.75, 3.05) is 13.7 Å². The molecule has 1 aromatic rings. The Hall–Kier alpha value is -1.59. The van der Waals surface area contributed by atoms with Gasteiger partial charge in [0, 0.05) is 6.04 Å². The molecule has 2 rings (SSSR count). The topological polar surface area (TPSA) is 78.8 Å². The predicted octanol–water partition coefficient (Wildman–Crippen LogP) is 0.718. The fraction of sp³-hybridized carbons (Fsp3) is 0.462. The standard InChI is InChI=1S/C13H17NO4/c1-18-9-4-2-8-3-5-11(14-7-12(15)16)13(17)10(8)6-9/h2,4,6,11,13-14,17H,3,5,7H2,1H3,(H,15,16)/t11-,13-/m1/s1. The van der Waals surface area contributed by atoms with Crippen molar-refractivity contribution in [3.63, 3.8) is 0 Å². The van der Waals surface area contributed by atoms with Crippen LogP contribution in [0, 0.1) is 0 Å². The first-order valence-corrected chi connectivity index (χ1v) is 5.92. The second kappa shape index (κ2) is 5.37. The van der Waals surface area contributed by atoms with Gasteiger partial charge in [0.05, 0.1) is 19.8 Å². The molecule has 1 aliphatic carbocycles. The number of benzene rings is 1. The van der Waals surface area contributed by atoms with E-state index in [-0.39, 0.29) is 12.6 Å². The minimum absolute atomic E-state index is 0.138. The van der Waals surface area contributed by atoms with Gasteiger partial charge in [-0.05, 0) is 36.1 Å². The van der Waals surface area contributed by atoms with E-state index in [1.54, 1.807) is 7.11 Å². The van der Waals surface area contributed by atoms with Crippen LogP contribution in [0.5, 0.6) is 5.75 Å². The van der Waals surface area contributed by atoms with Gasteiger partial charge in [-0.15, -0.1) is 0 Å². The van der Waals surface area contributed by atoms with Crippen LogP contribution in [0.4, 0.5) is 0 Å². The normalized spacial score (nSPS) is 22.3. The van der Waals surface area contributed by atoms with Gasteiger partial charge in [0.1, 0.15) is 5.75 Å². The number of ether oxygens (including phenoxy) is 1. The van der Waals surface area contributed by atoms with E-state index in [1.165, 1.54) is 0 Å². The van der Waals surface area contributed by atoms with Crippen LogP contribution in [0.2, 0.25) is 0 Å². The van der Waals surface area contributed by atoms with Crippen LogP contribution in [-0.4, -0.2) is 35.9 Å². The van der Waals surface area contributed by atoms with Gasteiger partial charge < -0.3 is 20.3 Å². The molecule has 5 nitrogen and oxygen atoms in total. The summed E-state index contributed by atoms with van der Waals surface area (Å²) >= 11 is 0. The van der Waals surface area contributed by atoms with Gasteiger partial charge in [-0.2, -0.15) is 0 Å². The first kappa shape index (κ1) is 12.9. The van der Waals surface area contributed by atoms with Crippen LogP contribution in [0.25, 0.3) is 0 Å². The lowest BCUT2D eigenvalue weighted by atomic mass is 9.85. The fourth-order valence-corrected chi connectivity index (χ4v) is 2.32. The number of carboxylic acid groups (broad SMARTS) is 1. The second-order valence-electron chi connectivity index (χ2n) is 4.43. The lowest BCUT2D eigenvalue weighted by molar-refractivity contribution is -0.136. The number of aryl methyl sites for hydroxylation is 1. The van der Waals surface area contributed by atoms with Crippen molar-refractivity contribution in [3.8, 4) is 5.75 Å². The maximum absolute atomic E-state index is 10.5. The minimum Gasteiger partial charge on any atom is -0.497 e. The molecule has 5 heteroatoms. The molecule has 0 amide bonds. The molecule has 0 aliphatic heterocycles.